The van der Waals surface area contributed by atoms with Gasteiger partial charge in [-0.15, -0.1) is 0 Å². The second kappa shape index (κ2) is 4.87. The third kappa shape index (κ3) is 2.65. The molecule has 0 aliphatic heterocycles. The van der Waals surface area contributed by atoms with E-state index in [1.165, 1.54) is 12.3 Å². The van der Waals surface area contributed by atoms with Crippen molar-refractivity contribution in [2.75, 3.05) is 5.32 Å². The van der Waals surface area contributed by atoms with Crippen LogP contribution in [0.5, 0.6) is 0 Å². The summed E-state index contributed by atoms with van der Waals surface area (Å²) in [5.74, 6) is -0.329. The lowest BCUT2D eigenvalue weighted by molar-refractivity contribution is 0.102. The quantitative estimate of drug-likeness (QED) is 0.859. The van der Waals surface area contributed by atoms with E-state index < -0.39 is 0 Å². The first kappa shape index (κ1) is 12.1. The van der Waals surface area contributed by atoms with Gasteiger partial charge >= 0.3 is 0 Å². The molecule has 94 valence electrons. The van der Waals surface area contributed by atoms with Crippen LogP contribution in [0.25, 0.3) is 0 Å². The van der Waals surface area contributed by atoms with Gasteiger partial charge in [0.15, 0.2) is 0 Å². The van der Waals surface area contributed by atoms with Crippen molar-refractivity contribution in [2.45, 2.75) is 19.9 Å². The standard InChI is InChI=1S/C12H14N4O2/c1-8(2)16-7-10(6-14-16)15-12(18)9-3-4-13-11(17)5-9/h3-8H,1-2H3,(H,13,17)(H,15,18). The molecule has 0 saturated heterocycles. The normalized spacial score (nSPS) is 10.6. The molecule has 0 atom stereocenters. The lowest BCUT2D eigenvalue weighted by Crippen LogP contribution is -2.15. The average Bonchev–Trinajstić information content (AvgIpc) is 2.77. The largest absolute Gasteiger partial charge is 0.329 e. The Morgan fingerprint density at radius 3 is 2.89 bits per heavy atom. The van der Waals surface area contributed by atoms with Gasteiger partial charge in [0, 0.05) is 30.1 Å². The van der Waals surface area contributed by atoms with Crippen molar-refractivity contribution in [3.05, 3.63) is 46.6 Å². The number of amides is 1. The van der Waals surface area contributed by atoms with Gasteiger partial charge < -0.3 is 10.3 Å². The molecule has 18 heavy (non-hydrogen) atoms. The molecule has 2 aromatic rings. The van der Waals surface area contributed by atoms with Gasteiger partial charge in [0.05, 0.1) is 11.9 Å². The van der Waals surface area contributed by atoms with E-state index in [0.717, 1.165) is 0 Å². The monoisotopic (exact) mass is 246 g/mol. The molecule has 0 aromatic carbocycles. The first-order chi connectivity index (χ1) is 8.56. The van der Waals surface area contributed by atoms with Crippen LogP contribution in [-0.2, 0) is 0 Å². The molecular weight excluding hydrogens is 232 g/mol. The molecule has 0 radical (unpaired) electrons. The number of aromatic amines is 1. The molecule has 0 fully saturated rings. The van der Waals surface area contributed by atoms with Gasteiger partial charge in [-0.25, -0.2) is 0 Å². The molecule has 1 amide bonds. The van der Waals surface area contributed by atoms with Crippen LogP contribution in [0, 0.1) is 0 Å². The SMILES string of the molecule is CC(C)n1cc(NC(=O)c2cc[nH]c(=O)c2)cn1. The summed E-state index contributed by atoms with van der Waals surface area (Å²) in [5.41, 5.74) is 0.616. The predicted molar refractivity (Wildman–Crippen MR) is 67.6 cm³/mol. The topological polar surface area (TPSA) is 79.8 Å². The van der Waals surface area contributed by atoms with E-state index in [0.29, 0.717) is 11.3 Å². The Hall–Kier alpha value is -2.37. The summed E-state index contributed by atoms with van der Waals surface area (Å²) in [7, 11) is 0. The number of hydrogen-bond donors (Lipinski definition) is 2. The molecule has 0 aliphatic rings. The third-order valence-electron chi connectivity index (χ3n) is 2.43. The predicted octanol–water partition coefficient (Wildman–Crippen LogP) is 1.40. The van der Waals surface area contributed by atoms with Gasteiger partial charge in [-0.3, -0.25) is 14.3 Å². The number of aromatic nitrogens is 3. The van der Waals surface area contributed by atoms with Crippen LogP contribution in [-0.4, -0.2) is 20.7 Å². The van der Waals surface area contributed by atoms with Crippen LogP contribution < -0.4 is 10.9 Å². The van der Waals surface area contributed by atoms with Gasteiger partial charge in [-0.1, -0.05) is 0 Å². The molecule has 2 heterocycles. The van der Waals surface area contributed by atoms with Crippen LogP contribution in [0.1, 0.15) is 30.2 Å². The van der Waals surface area contributed by atoms with Crippen molar-refractivity contribution in [2.24, 2.45) is 0 Å². The number of nitrogens with zero attached hydrogens (tertiary/aromatic N) is 2. The minimum Gasteiger partial charge on any atom is -0.329 e. The fraction of sp³-hybridized carbons (Fsp3) is 0.250. The highest BCUT2D eigenvalue weighted by Crippen LogP contribution is 2.10. The Morgan fingerprint density at radius 2 is 2.28 bits per heavy atom. The fourth-order valence-corrected chi connectivity index (χ4v) is 1.47. The molecule has 0 unspecified atom stereocenters. The van der Waals surface area contributed by atoms with E-state index in [4.69, 9.17) is 0 Å². The molecule has 2 rings (SSSR count). The van der Waals surface area contributed by atoms with Gasteiger partial charge in [-0.05, 0) is 19.9 Å². The molecule has 0 spiro atoms. The van der Waals surface area contributed by atoms with Crippen LogP contribution in [0.3, 0.4) is 0 Å². The Kier molecular flexibility index (Phi) is 3.27. The smallest absolute Gasteiger partial charge is 0.256 e. The summed E-state index contributed by atoms with van der Waals surface area (Å²) in [5, 5.41) is 6.80. The number of carbonyl (C=O) groups excluding carboxylic acids is 1. The van der Waals surface area contributed by atoms with E-state index in [-0.39, 0.29) is 17.5 Å². The Bertz CT molecular complexity index is 612. The molecule has 0 aliphatic carbocycles. The highest BCUT2D eigenvalue weighted by atomic mass is 16.2. The van der Waals surface area contributed by atoms with Crippen LogP contribution >= 0.6 is 0 Å². The molecule has 0 bridgehead atoms. The molecule has 0 saturated carbocycles. The lowest BCUT2D eigenvalue weighted by Gasteiger charge is -2.04. The van der Waals surface area contributed by atoms with Crippen LogP contribution in [0.4, 0.5) is 5.69 Å². The fourth-order valence-electron chi connectivity index (χ4n) is 1.47. The zero-order valence-electron chi connectivity index (χ0n) is 10.2. The molecule has 6 heteroatoms. The summed E-state index contributed by atoms with van der Waals surface area (Å²) in [6, 6.07) is 3.03. The van der Waals surface area contributed by atoms with Gasteiger partial charge in [0.1, 0.15) is 0 Å². The third-order valence-corrected chi connectivity index (χ3v) is 2.43. The first-order valence-electron chi connectivity index (χ1n) is 5.60. The molecule has 6 nitrogen and oxygen atoms in total. The van der Waals surface area contributed by atoms with Gasteiger partial charge in [-0.2, -0.15) is 5.10 Å². The van der Waals surface area contributed by atoms with Crippen molar-refractivity contribution in [1.82, 2.24) is 14.8 Å². The van der Waals surface area contributed by atoms with E-state index >= 15 is 0 Å². The van der Waals surface area contributed by atoms with E-state index in [9.17, 15) is 9.59 Å². The van der Waals surface area contributed by atoms with E-state index in [1.54, 1.807) is 23.1 Å². The Labute approximate surface area is 104 Å². The average molecular weight is 246 g/mol. The number of anilines is 1. The number of carbonyl (C=O) groups is 1. The van der Waals surface area contributed by atoms with Crippen LogP contribution in [0.15, 0.2) is 35.5 Å². The van der Waals surface area contributed by atoms with Crippen molar-refractivity contribution in [3.63, 3.8) is 0 Å². The maximum absolute atomic E-state index is 11.8. The summed E-state index contributed by atoms with van der Waals surface area (Å²) in [6.45, 7) is 3.99. The van der Waals surface area contributed by atoms with Crippen molar-refractivity contribution < 1.29 is 4.79 Å². The van der Waals surface area contributed by atoms with Crippen molar-refractivity contribution >= 4 is 11.6 Å². The zero-order chi connectivity index (χ0) is 13.1. The number of hydrogen-bond acceptors (Lipinski definition) is 3. The van der Waals surface area contributed by atoms with Gasteiger partial charge in [0.2, 0.25) is 5.56 Å². The highest BCUT2D eigenvalue weighted by Gasteiger charge is 2.08. The van der Waals surface area contributed by atoms with E-state index in [2.05, 4.69) is 15.4 Å². The first-order valence-corrected chi connectivity index (χ1v) is 5.60. The molecule has 2 aromatic heterocycles. The van der Waals surface area contributed by atoms with Crippen molar-refractivity contribution in [3.8, 4) is 0 Å². The number of pyridine rings is 1. The highest BCUT2D eigenvalue weighted by molar-refractivity contribution is 6.03. The molecular formula is C12H14N4O2. The van der Waals surface area contributed by atoms with Gasteiger partial charge in [0.25, 0.3) is 5.91 Å². The Morgan fingerprint density at radius 1 is 1.50 bits per heavy atom. The summed E-state index contributed by atoms with van der Waals surface area (Å²) in [6.07, 6.45) is 4.76. The second-order valence-electron chi connectivity index (χ2n) is 4.20. The molecule has 2 N–H and O–H groups in total. The Balaban J connectivity index is 2.13. The maximum atomic E-state index is 11.8. The maximum Gasteiger partial charge on any atom is 0.256 e. The second-order valence-corrected chi connectivity index (χ2v) is 4.20. The van der Waals surface area contributed by atoms with E-state index in [1.807, 2.05) is 13.8 Å². The summed E-state index contributed by atoms with van der Waals surface area (Å²) < 4.78 is 1.74. The van der Waals surface area contributed by atoms with Crippen LogP contribution in [0.2, 0.25) is 0 Å². The zero-order valence-corrected chi connectivity index (χ0v) is 10.2. The minimum atomic E-state index is -0.329. The summed E-state index contributed by atoms with van der Waals surface area (Å²) >= 11 is 0. The lowest BCUT2D eigenvalue weighted by atomic mass is 10.2. The number of H-pyrrole nitrogens is 1. The number of rotatable bonds is 3. The van der Waals surface area contributed by atoms with Crippen molar-refractivity contribution in [1.29, 1.82) is 0 Å². The minimum absolute atomic E-state index is 0.232. The number of nitrogens with one attached hydrogen (secondary N) is 2. The summed E-state index contributed by atoms with van der Waals surface area (Å²) in [4.78, 5) is 25.4.